The fraction of sp³-hybridized carbons (Fsp3) is 0.556. The third-order valence-electron chi connectivity index (χ3n) is 3.44. The van der Waals surface area contributed by atoms with E-state index in [9.17, 15) is 9.59 Å². The Morgan fingerprint density at radius 3 is 2.33 bits per heavy atom. The molecule has 0 unspecified atom stereocenters. The van der Waals surface area contributed by atoms with Gasteiger partial charge in [-0.25, -0.2) is 0 Å². The fourth-order valence-electron chi connectivity index (χ4n) is 2.19. The molecule has 0 atom stereocenters. The number of ether oxygens (including phenoxy) is 3. The van der Waals surface area contributed by atoms with E-state index in [1.165, 1.54) is 0 Å². The number of amides is 1. The Bertz CT molecular complexity index is 501. The summed E-state index contributed by atoms with van der Waals surface area (Å²) >= 11 is 0. The standard InChI is InChI=1S/C18H27NO5/c1-4-23-14-6-12-19(13-11-17(20)24-5-2)18(21)15-7-9-16(22-3)10-8-15/h7-10H,4-6,11-14H2,1-3H3. The zero-order chi connectivity index (χ0) is 17.8. The van der Waals surface area contributed by atoms with Crippen LogP contribution in [0.4, 0.5) is 0 Å². The van der Waals surface area contributed by atoms with Crippen LogP contribution >= 0.6 is 0 Å². The molecule has 0 aliphatic heterocycles. The molecule has 1 aromatic rings. The molecule has 0 spiro atoms. The number of esters is 1. The minimum Gasteiger partial charge on any atom is -0.497 e. The Morgan fingerprint density at radius 1 is 1.04 bits per heavy atom. The van der Waals surface area contributed by atoms with Crippen molar-refractivity contribution in [3.05, 3.63) is 29.8 Å². The minimum atomic E-state index is -0.296. The summed E-state index contributed by atoms with van der Waals surface area (Å²) in [5.41, 5.74) is 0.566. The van der Waals surface area contributed by atoms with Gasteiger partial charge in [0, 0.05) is 31.9 Å². The van der Waals surface area contributed by atoms with Gasteiger partial charge in [0.05, 0.1) is 20.1 Å². The first-order valence-electron chi connectivity index (χ1n) is 8.29. The summed E-state index contributed by atoms with van der Waals surface area (Å²) in [5.74, 6) is 0.286. The molecule has 0 fully saturated rings. The van der Waals surface area contributed by atoms with Gasteiger partial charge in [0.1, 0.15) is 5.75 Å². The molecule has 0 radical (unpaired) electrons. The van der Waals surface area contributed by atoms with E-state index in [1.54, 1.807) is 43.2 Å². The van der Waals surface area contributed by atoms with Crippen LogP contribution in [0.25, 0.3) is 0 Å². The van der Waals surface area contributed by atoms with Gasteiger partial charge in [-0.2, -0.15) is 0 Å². The molecule has 0 heterocycles. The van der Waals surface area contributed by atoms with Crippen molar-refractivity contribution < 1.29 is 23.8 Å². The van der Waals surface area contributed by atoms with Crippen LogP contribution in [-0.4, -0.2) is 56.8 Å². The van der Waals surface area contributed by atoms with Gasteiger partial charge in [-0.3, -0.25) is 9.59 Å². The van der Waals surface area contributed by atoms with Gasteiger partial charge < -0.3 is 19.1 Å². The van der Waals surface area contributed by atoms with Gasteiger partial charge in [0.15, 0.2) is 0 Å². The third kappa shape index (κ3) is 7.00. The van der Waals surface area contributed by atoms with Crippen LogP contribution < -0.4 is 4.74 Å². The summed E-state index contributed by atoms with van der Waals surface area (Å²) in [6.07, 6.45) is 0.906. The van der Waals surface area contributed by atoms with Crippen LogP contribution in [0.3, 0.4) is 0 Å². The quantitative estimate of drug-likeness (QED) is 0.458. The molecule has 0 bridgehead atoms. The van der Waals surface area contributed by atoms with Gasteiger partial charge in [0.2, 0.25) is 0 Å². The Morgan fingerprint density at radius 2 is 1.75 bits per heavy atom. The van der Waals surface area contributed by atoms with E-state index in [0.29, 0.717) is 44.2 Å². The molecular weight excluding hydrogens is 310 g/mol. The molecule has 134 valence electrons. The van der Waals surface area contributed by atoms with E-state index in [0.717, 1.165) is 6.42 Å². The summed E-state index contributed by atoms with van der Waals surface area (Å²) in [6, 6.07) is 6.94. The maximum atomic E-state index is 12.7. The molecule has 6 heteroatoms. The lowest BCUT2D eigenvalue weighted by atomic mass is 10.1. The molecule has 0 aromatic heterocycles. The predicted octanol–water partition coefficient (Wildman–Crippen LogP) is 2.52. The normalized spacial score (nSPS) is 10.3. The maximum Gasteiger partial charge on any atom is 0.307 e. The average molecular weight is 337 g/mol. The lowest BCUT2D eigenvalue weighted by molar-refractivity contribution is -0.143. The van der Waals surface area contributed by atoms with Crippen molar-refractivity contribution in [3.8, 4) is 5.75 Å². The number of hydrogen-bond donors (Lipinski definition) is 0. The summed E-state index contributed by atoms with van der Waals surface area (Å²) < 4.78 is 15.4. The fourth-order valence-corrected chi connectivity index (χ4v) is 2.19. The van der Waals surface area contributed by atoms with Gasteiger partial charge >= 0.3 is 5.97 Å². The second kappa shape index (κ2) is 11.5. The van der Waals surface area contributed by atoms with Crippen molar-refractivity contribution in [2.45, 2.75) is 26.7 Å². The zero-order valence-corrected chi connectivity index (χ0v) is 14.7. The Balaban J connectivity index is 2.69. The molecule has 0 saturated carbocycles. The van der Waals surface area contributed by atoms with Crippen molar-refractivity contribution >= 4 is 11.9 Å². The SMILES string of the molecule is CCOCCCN(CCC(=O)OCC)C(=O)c1ccc(OC)cc1. The van der Waals surface area contributed by atoms with E-state index in [2.05, 4.69) is 0 Å². The van der Waals surface area contributed by atoms with Crippen LogP contribution in [0.5, 0.6) is 5.75 Å². The highest BCUT2D eigenvalue weighted by molar-refractivity contribution is 5.94. The van der Waals surface area contributed by atoms with E-state index < -0.39 is 0 Å². The summed E-state index contributed by atoms with van der Waals surface area (Å²) in [6.45, 7) is 6.13. The van der Waals surface area contributed by atoms with E-state index in [4.69, 9.17) is 14.2 Å². The highest BCUT2D eigenvalue weighted by Gasteiger charge is 2.17. The minimum absolute atomic E-state index is 0.113. The maximum absolute atomic E-state index is 12.7. The summed E-state index contributed by atoms with van der Waals surface area (Å²) in [7, 11) is 1.58. The number of carbonyl (C=O) groups excluding carboxylic acids is 2. The number of benzene rings is 1. The second-order valence-electron chi connectivity index (χ2n) is 5.13. The molecule has 1 amide bonds. The number of nitrogens with zero attached hydrogens (tertiary/aromatic N) is 1. The van der Waals surface area contributed by atoms with Crippen LogP contribution in [0.2, 0.25) is 0 Å². The highest BCUT2D eigenvalue weighted by Crippen LogP contribution is 2.13. The molecule has 24 heavy (non-hydrogen) atoms. The third-order valence-corrected chi connectivity index (χ3v) is 3.44. The lowest BCUT2D eigenvalue weighted by Crippen LogP contribution is -2.34. The summed E-state index contributed by atoms with van der Waals surface area (Å²) in [4.78, 5) is 25.9. The molecule has 0 aliphatic carbocycles. The van der Waals surface area contributed by atoms with Gasteiger partial charge in [-0.05, 0) is 44.5 Å². The molecule has 1 rings (SSSR count). The van der Waals surface area contributed by atoms with Crippen molar-refractivity contribution in [3.63, 3.8) is 0 Å². The average Bonchev–Trinajstić information content (AvgIpc) is 2.61. The van der Waals surface area contributed by atoms with Crippen molar-refractivity contribution in [2.24, 2.45) is 0 Å². The first kappa shape index (κ1) is 20.0. The smallest absolute Gasteiger partial charge is 0.307 e. The molecule has 0 saturated heterocycles. The van der Waals surface area contributed by atoms with Gasteiger partial charge in [-0.15, -0.1) is 0 Å². The van der Waals surface area contributed by atoms with Gasteiger partial charge in [-0.1, -0.05) is 0 Å². The van der Waals surface area contributed by atoms with Crippen molar-refractivity contribution in [2.75, 3.05) is 40.0 Å². The lowest BCUT2D eigenvalue weighted by Gasteiger charge is -2.22. The first-order valence-corrected chi connectivity index (χ1v) is 8.29. The van der Waals surface area contributed by atoms with Crippen LogP contribution in [0, 0.1) is 0 Å². The highest BCUT2D eigenvalue weighted by atomic mass is 16.5. The zero-order valence-electron chi connectivity index (χ0n) is 14.7. The second-order valence-corrected chi connectivity index (χ2v) is 5.13. The molecule has 1 aromatic carbocycles. The first-order chi connectivity index (χ1) is 11.6. The van der Waals surface area contributed by atoms with Crippen molar-refractivity contribution in [1.29, 1.82) is 0 Å². The van der Waals surface area contributed by atoms with Crippen molar-refractivity contribution in [1.82, 2.24) is 4.90 Å². The number of methoxy groups -OCH3 is 1. The number of hydrogen-bond acceptors (Lipinski definition) is 5. The monoisotopic (exact) mass is 337 g/mol. The largest absolute Gasteiger partial charge is 0.497 e. The van der Waals surface area contributed by atoms with Crippen LogP contribution in [0.1, 0.15) is 37.0 Å². The topological polar surface area (TPSA) is 65.1 Å². The van der Waals surface area contributed by atoms with Crippen LogP contribution in [-0.2, 0) is 14.3 Å². The molecular formula is C18H27NO5. The Kier molecular flexibility index (Phi) is 9.53. The number of carbonyl (C=O) groups is 2. The van der Waals surface area contributed by atoms with Crippen LogP contribution in [0.15, 0.2) is 24.3 Å². The Hall–Kier alpha value is -2.08. The predicted molar refractivity (Wildman–Crippen MR) is 91.3 cm³/mol. The van der Waals surface area contributed by atoms with E-state index >= 15 is 0 Å². The molecule has 0 N–H and O–H groups in total. The van der Waals surface area contributed by atoms with E-state index in [1.807, 2.05) is 6.92 Å². The molecule has 6 nitrogen and oxygen atoms in total. The summed E-state index contributed by atoms with van der Waals surface area (Å²) in [5, 5.41) is 0. The van der Waals surface area contributed by atoms with E-state index in [-0.39, 0.29) is 18.3 Å². The molecule has 0 aliphatic rings. The van der Waals surface area contributed by atoms with Gasteiger partial charge in [0.25, 0.3) is 5.91 Å². The Labute approximate surface area is 143 Å². The number of rotatable bonds is 11.